The number of hydrogen-bond acceptors (Lipinski definition) is 2. The summed E-state index contributed by atoms with van der Waals surface area (Å²) in [5.74, 6) is 0. The highest BCUT2D eigenvalue weighted by atomic mass is 28.3. The van der Waals surface area contributed by atoms with Crippen molar-refractivity contribution >= 4 is 9.04 Å². The molecule has 60 valence electrons. The summed E-state index contributed by atoms with van der Waals surface area (Å²) in [6.45, 7) is 4.50. The third kappa shape index (κ3) is 2.17. The molecule has 1 aliphatic heterocycles. The molecule has 0 aromatic carbocycles. The lowest BCUT2D eigenvalue weighted by Gasteiger charge is -2.22. The fraction of sp³-hybridized carbons (Fsp3) is 0.625. The van der Waals surface area contributed by atoms with Gasteiger partial charge in [0.25, 0.3) is 0 Å². The number of allylic oxidation sites excluding steroid dienone is 1. The van der Waals surface area contributed by atoms with Gasteiger partial charge in [0.1, 0.15) is 0 Å². The zero-order valence-electron chi connectivity index (χ0n) is 6.62. The molecule has 0 aromatic rings. The minimum Gasteiger partial charge on any atom is -0.418 e. The molecule has 1 saturated heterocycles. The zero-order valence-corrected chi connectivity index (χ0v) is 7.78. The average Bonchev–Trinajstić information content (AvgIpc) is 2.09. The topological polar surface area (TPSA) is 33.0 Å². The van der Waals surface area contributed by atoms with Crippen LogP contribution >= 0.6 is 0 Å². The maximum atomic E-state index is 8.71. The second-order valence-corrected chi connectivity index (χ2v) is 5.50. The summed E-state index contributed by atoms with van der Waals surface area (Å²) in [6.07, 6.45) is 4.14. The van der Waals surface area contributed by atoms with E-state index in [0.29, 0.717) is 0 Å². The molecule has 0 bridgehead atoms. The summed E-state index contributed by atoms with van der Waals surface area (Å²) in [5.41, 5.74) is 0.0234. The lowest BCUT2D eigenvalue weighted by atomic mass is 10.4. The molecule has 11 heavy (non-hydrogen) atoms. The smallest absolute Gasteiger partial charge is 0.197 e. The van der Waals surface area contributed by atoms with Crippen molar-refractivity contribution in [2.75, 3.05) is 6.61 Å². The molecule has 0 N–H and O–H groups in total. The van der Waals surface area contributed by atoms with Crippen molar-refractivity contribution in [2.24, 2.45) is 0 Å². The second-order valence-electron chi connectivity index (χ2n) is 2.80. The minimum atomic E-state index is -1.22. The van der Waals surface area contributed by atoms with Gasteiger partial charge in [0, 0.05) is 6.61 Å². The van der Waals surface area contributed by atoms with Crippen molar-refractivity contribution in [1.82, 2.24) is 0 Å². The second kappa shape index (κ2) is 4.32. The van der Waals surface area contributed by atoms with E-state index >= 15 is 0 Å². The van der Waals surface area contributed by atoms with E-state index in [1.165, 1.54) is 12.8 Å². The molecule has 3 heteroatoms. The summed E-state index contributed by atoms with van der Waals surface area (Å²) in [5, 5.41) is 8.71. The normalized spacial score (nSPS) is 27.0. The van der Waals surface area contributed by atoms with Crippen LogP contribution in [-0.2, 0) is 4.43 Å². The Hall–Kier alpha value is -0.593. The van der Waals surface area contributed by atoms with Gasteiger partial charge in [-0.05, 0) is 12.5 Å². The van der Waals surface area contributed by atoms with Gasteiger partial charge in [0.05, 0.1) is 11.6 Å². The molecule has 0 aliphatic carbocycles. The van der Waals surface area contributed by atoms with Crippen molar-refractivity contribution in [2.45, 2.75) is 24.4 Å². The van der Waals surface area contributed by atoms with Crippen LogP contribution in [0.2, 0.25) is 11.6 Å². The van der Waals surface area contributed by atoms with Gasteiger partial charge in [0.2, 0.25) is 0 Å². The molecule has 0 radical (unpaired) electrons. The average molecular weight is 167 g/mol. The van der Waals surface area contributed by atoms with Gasteiger partial charge in [-0.15, -0.1) is 6.58 Å². The Morgan fingerprint density at radius 1 is 1.64 bits per heavy atom. The van der Waals surface area contributed by atoms with Crippen LogP contribution in [0.5, 0.6) is 0 Å². The SMILES string of the molecule is C=CC(C#N)[SiH]1CCCCO1. The lowest BCUT2D eigenvalue weighted by molar-refractivity contribution is 0.285. The van der Waals surface area contributed by atoms with E-state index < -0.39 is 9.04 Å². The minimum absolute atomic E-state index is 0.0234. The summed E-state index contributed by atoms with van der Waals surface area (Å²) in [7, 11) is -1.22. The molecule has 0 saturated carbocycles. The quantitative estimate of drug-likeness (QED) is 0.462. The van der Waals surface area contributed by atoms with Crippen LogP contribution in [0.4, 0.5) is 0 Å². The van der Waals surface area contributed by atoms with E-state index in [0.717, 1.165) is 12.7 Å². The Morgan fingerprint density at radius 2 is 2.45 bits per heavy atom. The largest absolute Gasteiger partial charge is 0.418 e. The maximum absolute atomic E-state index is 8.71. The number of nitrogens with zero attached hydrogens (tertiary/aromatic N) is 1. The zero-order chi connectivity index (χ0) is 8.10. The van der Waals surface area contributed by atoms with Crippen LogP contribution in [0.3, 0.4) is 0 Å². The van der Waals surface area contributed by atoms with Gasteiger partial charge in [-0.3, -0.25) is 0 Å². The summed E-state index contributed by atoms with van der Waals surface area (Å²) in [6, 6.07) is 3.38. The molecule has 0 spiro atoms. The monoisotopic (exact) mass is 167 g/mol. The van der Waals surface area contributed by atoms with Gasteiger partial charge in [-0.25, -0.2) is 0 Å². The Bertz CT molecular complexity index is 169. The summed E-state index contributed by atoms with van der Waals surface area (Å²) >= 11 is 0. The van der Waals surface area contributed by atoms with Crippen LogP contribution < -0.4 is 0 Å². The van der Waals surface area contributed by atoms with Gasteiger partial charge in [-0.2, -0.15) is 5.26 Å². The van der Waals surface area contributed by atoms with Gasteiger partial charge in [-0.1, -0.05) is 12.5 Å². The first-order chi connectivity index (χ1) is 5.38. The maximum Gasteiger partial charge on any atom is 0.197 e. The number of hydrogen-bond donors (Lipinski definition) is 0. The molecule has 1 aliphatic rings. The molecular weight excluding hydrogens is 154 g/mol. The van der Waals surface area contributed by atoms with E-state index in [-0.39, 0.29) is 5.54 Å². The van der Waals surface area contributed by atoms with Gasteiger partial charge < -0.3 is 4.43 Å². The van der Waals surface area contributed by atoms with Gasteiger partial charge >= 0.3 is 0 Å². The Kier molecular flexibility index (Phi) is 3.34. The first kappa shape index (κ1) is 8.50. The molecule has 2 unspecified atom stereocenters. The Morgan fingerprint density at radius 3 is 2.91 bits per heavy atom. The first-order valence-corrected chi connectivity index (χ1v) is 5.97. The van der Waals surface area contributed by atoms with Crippen LogP contribution in [0.1, 0.15) is 12.8 Å². The Labute approximate surface area is 69.2 Å². The lowest BCUT2D eigenvalue weighted by Crippen LogP contribution is -2.27. The highest BCUT2D eigenvalue weighted by Gasteiger charge is 2.23. The molecule has 1 fully saturated rings. The molecule has 0 aromatic heterocycles. The van der Waals surface area contributed by atoms with Crippen LogP contribution in [0.25, 0.3) is 0 Å². The van der Waals surface area contributed by atoms with E-state index in [4.69, 9.17) is 9.69 Å². The summed E-state index contributed by atoms with van der Waals surface area (Å²) < 4.78 is 5.57. The third-order valence-corrected chi connectivity index (χ3v) is 4.88. The molecule has 2 nitrogen and oxygen atoms in total. The van der Waals surface area contributed by atoms with Crippen molar-refractivity contribution in [3.63, 3.8) is 0 Å². The highest BCUT2D eigenvalue weighted by Crippen LogP contribution is 2.21. The predicted octanol–water partition coefficient (Wildman–Crippen LogP) is 1.60. The van der Waals surface area contributed by atoms with Crippen molar-refractivity contribution in [1.29, 1.82) is 5.26 Å². The number of nitriles is 1. The van der Waals surface area contributed by atoms with Crippen molar-refractivity contribution in [3.05, 3.63) is 12.7 Å². The summed E-state index contributed by atoms with van der Waals surface area (Å²) in [4.78, 5) is 0. The molecule has 1 heterocycles. The molecule has 0 amide bonds. The standard InChI is InChI=1S/C8H13NOSi/c1-2-8(7-9)11-6-4-3-5-10-11/h2,8,11H,1,3-6H2. The van der Waals surface area contributed by atoms with E-state index in [1.807, 2.05) is 0 Å². The van der Waals surface area contributed by atoms with Crippen LogP contribution in [-0.4, -0.2) is 15.6 Å². The van der Waals surface area contributed by atoms with E-state index in [9.17, 15) is 0 Å². The fourth-order valence-electron chi connectivity index (χ4n) is 1.34. The molecular formula is C8H13NOSi. The van der Waals surface area contributed by atoms with Crippen molar-refractivity contribution < 1.29 is 4.43 Å². The van der Waals surface area contributed by atoms with Gasteiger partial charge in [0.15, 0.2) is 9.04 Å². The van der Waals surface area contributed by atoms with Crippen molar-refractivity contribution in [3.8, 4) is 6.07 Å². The highest BCUT2D eigenvalue weighted by molar-refractivity contribution is 6.55. The number of rotatable bonds is 2. The van der Waals surface area contributed by atoms with Crippen LogP contribution in [0.15, 0.2) is 12.7 Å². The Balaban J connectivity index is 2.44. The predicted molar refractivity (Wildman–Crippen MR) is 46.7 cm³/mol. The molecule has 2 atom stereocenters. The van der Waals surface area contributed by atoms with Crippen LogP contribution in [0, 0.1) is 11.3 Å². The third-order valence-electron chi connectivity index (χ3n) is 2.02. The van der Waals surface area contributed by atoms with E-state index in [1.54, 1.807) is 6.08 Å². The van der Waals surface area contributed by atoms with E-state index in [2.05, 4.69) is 12.6 Å². The fourth-order valence-corrected chi connectivity index (χ4v) is 3.70. The first-order valence-electron chi connectivity index (χ1n) is 4.02. The molecule has 1 rings (SSSR count).